The third-order valence-corrected chi connectivity index (χ3v) is 2.82. The number of alkyl halides is 3. The van der Waals surface area contributed by atoms with Crippen LogP contribution in [0.4, 0.5) is 13.2 Å². The number of hydrogen-bond donors (Lipinski definition) is 0. The molecule has 1 saturated heterocycles. The largest absolute Gasteiger partial charge is 0.471 e. The molecule has 0 N–H and O–H groups in total. The first kappa shape index (κ1) is 12.3. The molecule has 0 spiro atoms. The van der Waals surface area contributed by atoms with Gasteiger partial charge < -0.3 is 4.90 Å². The highest BCUT2D eigenvalue weighted by atomic mass is 19.4. The van der Waals surface area contributed by atoms with Crippen LogP contribution in [0.25, 0.3) is 0 Å². The molecule has 0 aromatic heterocycles. The first-order valence-electron chi connectivity index (χ1n) is 5.22. The van der Waals surface area contributed by atoms with E-state index in [9.17, 15) is 18.0 Å². The van der Waals surface area contributed by atoms with Gasteiger partial charge in [-0.1, -0.05) is 13.8 Å². The van der Waals surface area contributed by atoms with Gasteiger partial charge >= 0.3 is 12.1 Å². The van der Waals surface area contributed by atoms with Crippen molar-refractivity contribution in [3.8, 4) is 0 Å². The van der Waals surface area contributed by atoms with Crippen molar-refractivity contribution < 1.29 is 18.0 Å². The Morgan fingerprint density at radius 2 is 1.93 bits per heavy atom. The van der Waals surface area contributed by atoms with Crippen molar-refractivity contribution in [1.29, 1.82) is 0 Å². The summed E-state index contributed by atoms with van der Waals surface area (Å²) in [6.45, 7) is 3.94. The Kier molecular flexibility index (Phi) is 3.62. The average molecular weight is 223 g/mol. The van der Waals surface area contributed by atoms with E-state index in [-0.39, 0.29) is 18.5 Å². The van der Waals surface area contributed by atoms with E-state index in [0.717, 1.165) is 11.3 Å². The van der Waals surface area contributed by atoms with Crippen LogP contribution in [0.1, 0.15) is 33.1 Å². The predicted molar refractivity (Wildman–Crippen MR) is 50.2 cm³/mol. The van der Waals surface area contributed by atoms with Crippen LogP contribution in [0, 0.1) is 5.92 Å². The van der Waals surface area contributed by atoms with Crippen molar-refractivity contribution >= 4 is 5.91 Å². The van der Waals surface area contributed by atoms with Crippen LogP contribution in [0.2, 0.25) is 0 Å². The summed E-state index contributed by atoms with van der Waals surface area (Å²) in [5, 5.41) is 0. The maximum atomic E-state index is 12.3. The fourth-order valence-corrected chi connectivity index (χ4v) is 2.07. The van der Waals surface area contributed by atoms with Crippen LogP contribution in [0.5, 0.6) is 0 Å². The van der Waals surface area contributed by atoms with Gasteiger partial charge in [0.05, 0.1) is 0 Å². The van der Waals surface area contributed by atoms with E-state index in [2.05, 4.69) is 0 Å². The molecule has 0 aromatic carbocycles. The summed E-state index contributed by atoms with van der Waals surface area (Å²) < 4.78 is 36.8. The zero-order valence-electron chi connectivity index (χ0n) is 8.97. The molecule has 1 heterocycles. The fourth-order valence-electron chi connectivity index (χ4n) is 2.07. The molecule has 1 amide bonds. The maximum Gasteiger partial charge on any atom is 0.471 e. The number of carbonyl (C=O) groups excluding carboxylic acids is 1. The molecule has 0 aromatic rings. The molecule has 1 atom stereocenters. The fraction of sp³-hybridized carbons (Fsp3) is 0.900. The van der Waals surface area contributed by atoms with Gasteiger partial charge in [0, 0.05) is 12.6 Å². The van der Waals surface area contributed by atoms with Gasteiger partial charge in [-0.25, -0.2) is 0 Å². The third-order valence-electron chi connectivity index (χ3n) is 2.82. The molecular formula is C10H16F3NO. The minimum Gasteiger partial charge on any atom is -0.332 e. The van der Waals surface area contributed by atoms with Crippen LogP contribution < -0.4 is 0 Å². The van der Waals surface area contributed by atoms with Gasteiger partial charge in [-0.15, -0.1) is 0 Å². The molecule has 15 heavy (non-hydrogen) atoms. The Morgan fingerprint density at radius 1 is 1.33 bits per heavy atom. The van der Waals surface area contributed by atoms with Gasteiger partial charge in [-0.3, -0.25) is 4.79 Å². The highest BCUT2D eigenvalue weighted by Crippen LogP contribution is 2.28. The molecule has 1 fully saturated rings. The molecule has 1 unspecified atom stereocenters. The molecule has 88 valence electrons. The van der Waals surface area contributed by atoms with E-state index in [4.69, 9.17) is 0 Å². The van der Waals surface area contributed by atoms with E-state index in [1.807, 2.05) is 13.8 Å². The molecule has 1 rings (SSSR count). The number of likely N-dealkylation sites (tertiary alicyclic amines) is 1. The van der Waals surface area contributed by atoms with Crippen molar-refractivity contribution in [3.63, 3.8) is 0 Å². The lowest BCUT2D eigenvalue weighted by Crippen LogP contribution is -2.51. The van der Waals surface area contributed by atoms with Gasteiger partial charge in [0.2, 0.25) is 0 Å². The predicted octanol–water partition coefficient (Wildman–Crippen LogP) is 2.59. The molecule has 5 heteroatoms. The first-order valence-corrected chi connectivity index (χ1v) is 5.22. The maximum absolute atomic E-state index is 12.3. The Bertz CT molecular complexity index is 237. The highest BCUT2D eigenvalue weighted by Gasteiger charge is 2.45. The smallest absolute Gasteiger partial charge is 0.332 e. The zero-order chi connectivity index (χ0) is 11.6. The van der Waals surface area contributed by atoms with Crippen LogP contribution in [0.15, 0.2) is 0 Å². The molecule has 1 aliphatic heterocycles. The highest BCUT2D eigenvalue weighted by molar-refractivity contribution is 5.82. The summed E-state index contributed by atoms with van der Waals surface area (Å²) in [6, 6.07) is -0.257. The number of nitrogens with zero attached hydrogens (tertiary/aromatic N) is 1. The van der Waals surface area contributed by atoms with Gasteiger partial charge in [-0.2, -0.15) is 13.2 Å². The Hall–Kier alpha value is -0.740. The molecular weight excluding hydrogens is 207 g/mol. The van der Waals surface area contributed by atoms with Gasteiger partial charge in [0.1, 0.15) is 0 Å². The van der Waals surface area contributed by atoms with Crippen molar-refractivity contribution in [3.05, 3.63) is 0 Å². The van der Waals surface area contributed by atoms with Crippen LogP contribution >= 0.6 is 0 Å². The number of carbonyl (C=O) groups is 1. The summed E-state index contributed by atoms with van der Waals surface area (Å²) >= 11 is 0. The quantitative estimate of drug-likeness (QED) is 0.669. The Morgan fingerprint density at radius 3 is 2.40 bits per heavy atom. The first-order chi connectivity index (χ1) is 6.84. The number of hydrogen-bond acceptors (Lipinski definition) is 1. The summed E-state index contributed by atoms with van der Waals surface area (Å²) in [5.74, 6) is -1.60. The molecule has 0 aliphatic carbocycles. The monoisotopic (exact) mass is 223 g/mol. The third kappa shape index (κ3) is 2.86. The van der Waals surface area contributed by atoms with E-state index in [1.165, 1.54) is 0 Å². The second-order valence-corrected chi connectivity index (χ2v) is 4.30. The second kappa shape index (κ2) is 4.41. The minimum atomic E-state index is -4.73. The summed E-state index contributed by atoms with van der Waals surface area (Å²) in [7, 11) is 0. The minimum absolute atomic E-state index is 0.0802. The Labute approximate surface area is 87.4 Å². The summed E-state index contributed by atoms with van der Waals surface area (Å²) in [5.41, 5.74) is 0. The lowest BCUT2D eigenvalue weighted by Gasteiger charge is -2.38. The van der Waals surface area contributed by atoms with Crippen molar-refractivity contribution in [2.24, 2.45) is 5.92 Å². The van der Waals surface area contributed by atoms with Crippen LogP contribution in [0.3, 0.4) is 0 Å². The van der Waals surface area contributed by atoms with E-state index in [1.54, 1.807) is 0 Å². The van der Waals surface area contributed by atoms with Gasteiger partial charge in [0.25, 0.3) is 0 Å². The molecule has 2 nitrogen and oxygen atoms in total. The SMILES string of the molecule is CC(C)C1CCCCN1C(=O)C(F)(F)F. The van der Waals surface area contributed by atoms with Crippen molar-refractivity contribution in [2.45, 2.75) is 45.3 Å². The van der Waals surface area contributed by atoms with E-state index in [0.29, 0.717) is 12.8 Å². The molecule has 0 saturated carbocycles. The second-order valence-electron chi connectivity index (χ2n) is 4.30. The van der Waals surface area contributed by atoms with Gasteiger partial charge in [0.15, 0.2) is 0 Å². The van der Waals surface area contributed by atoms with Gasteiger partial charge in [-0.05, 0) is 25.2 Å². The number of piperidine rings is 1. The van der Waals surface area contributed by atoms with Crippen molar-refractivity contribution in [2.75, 3.05) is 6.54 Å². The molecule has 1 aliphatic rings. The molecule has 0 bridgehead atoms. The normalized spacial score (nSPS) is 23.3. The lowest BCUT2D eigenvalue weighted by molar-refractivity contribution is -0.190. The average Bonchev–Trinajstić information content (AvgIpc) is 2.15. The van der Waals surface area contributed by atoms with Crippen LogP contribution in [-0.4, -0.2) is 29.6 Å². The van der Waals surface area contributed by atoms with E-state index >= 15 is 0 Å². The molecule has 0 radical (unpaired) electrons. The zero-order valence-corrected chi connectivity index (χ0v) is 8.97. The standard InChI is InChI=1S/C10H16F3NO/c1-7(2)8-5-3-4-6-14(8)9(15)10(11,12)13/h7-8H,3-6H2,1-2H3. The lowest BCUT2D eigenvalue weighted by atomic mass is 9.92. The van der Waals surface area contributed by atoms with Crippen LogP contribution in [-0.2, 0) is 4.79 Å². The topological polar surface area (TPSA) is 20.3 Å². The number of halogens is 3. The van der Waals surface area contributed by atoms with E-state index < -0.39 is 12.1 Å². The Balaban J connectivity index is 2.77. The van der Waals surface area contributed by atoms with Crippen molar-refractivity contribution in [1.82, 2.24) is 4.90 Å². The summed E-state index contributed by atoms with van der Waals surface area (Å²) in [4.78, 5) is 12.1. The number of amides is 1. The number of rotatable bonds is 1. The summed E-state index contributed by atoms with van der Waals surface area (Å²) in [6.07, 6.45) is -2.47.